The molecule has 0 aromatic carbocycles. The van der Waals surface area contributed by atoms with Crippen LogP contribution in [0.5, 0.6) is 0 Å². The van der Waals surface area contributed by atoms with Gasteiger partial charge in [0, 0.05) is 19.4 Å². The molecule has 154 valence electrons. The summed E-state index contributed by atoms with van der Waals surface area (Å²) in [7, 11) is -1.44. The van der Waals surface area contributed by atoms with Gasteiger partial charge in [-0.2, -0.15) is 4.68 Å². The summed E-state index contributed by atoms with van der Waals surface area (Å²) in [5, 5.41) is 0. The average molecular weight is 391 g/mol. The van der Waals surface area contributed by atoms with Crippen molar-refractivity contribution in [2.75, 3.05) is 7.11 Å². The molecule has 7 heteroatoms. The van der Waals surface area contributed by atoms with Gasteiger partial charge in [-0.05, 0) is 13.3 Å². The molecule has 1 rings (SSSR count). The van der Waals surface area contributed by atoms with Gasteiger partial charge in [0.25, 0.3) is 0 Å². The van der Waals surface area contributed by atoms with Crippen molar-refractivity contribution >= 4 is 10.4 Å². The Bertz CT molecular complexity index is 583. The molecule has 0 aliphatic heterocycles. The van der Waals surface area contributed by atoms with Crippen LogP contribution in [0, 0.1) is 13.8 Å². The monoisotopic (exact) mass is 390 g/mol. The first-order chi connectivity index (χ1) is 12.2. The second-order valence-corrected chi connectivity index (χ2v) is 7.98. The Morgan fingerprint density at radius 1 is 1.00 bits per heavy atom. The van der Waals surface area contributed by atoms with Gasteiger partial charge in [0.1, 0.15) is 0 Å². The highest BCUT2D eigenvalue weighted by molar-refractivity contribution is 7.80. The van der Waals surface area contributed by atoms with Gasteiger partial charge in [0.05, 0.1) is 19.9 Å². The van der Waals surface area contributed by atoms with Crippen LogP contribution in [0.2, 0.25) is 0 Å². The normalized spacial score (nSPS) is 11.3. The van der Waals surface area contributed by atoms with Gasteiger partial charge in [-0.25, -0.2) is 8.42 Å². The maximum Gasteiger partial charge on any atom is 0.217 e. The van der Waals surface area contributed by atoms with Crippen molar-refractivity contribution in [1.29, 1.82) is 0 Å². The summed E-state index contributed by atoms with van der Waals surface area (Å²) in [5.74, 6) is 0. The zero-order valence-corrected chi connectivity index (χ0v) is 18.1. The maximum atomic E-state index is 9.22. The largest absolute Gasteiger partial charge is 0.726 e. The van der Waals surface area contributed by atoms with Crippen molar-refractivity contribution in [3.8, 4) is 0 Å². The lowest BCUT2D eigenvalue weighted by atomic mass is 10.1. The molecule has 0 N–H and O–H groups in total. The number of rotatable bonds is 12. The lowest BCUT2D eigenvalue weighted by molar-refractivity contribution is -0.778. The van der Waals surface area contributed by atoms with E-state index >= 15 is 0 Å². The van der Waals surface area contributed by atoms with Gasteiger partial charge < -0.3 is 4.55 Å². The first-order valence-electron chi connectivity index (χ1n) is 9.77. The van der Waals surface area contributed by atoms with E-state index < -0.39 is 10.4 Å². The summed E-state index contributed by atoms with van der Waals surface area (Å²) in [6.07, 6.45) is 14.1. The molecule has 0 fully saturated rings. The summed E-state index contributed by atoms with van der Waals surface area (Å²) in [4.78, 5) is 0. The lowest BCUT2D eigenvalue weighted by Gasteiger charge is -2.02. The standard InChI is InChI=1S/C18H35N2.CH4O4S/c1-5-6-7-8-9-10-11-12-13-14-15-20-18(3)16-17(2)19(20)4;1-5-6(2,3)4/h16H,5-15H2,1-4H3;1H3,(H,2,3,4)/q+1;/p-1. The van der Waals surface area contributed by atoms with E-state index in [9.17, 15) is 13.0 Å². The van der Waals surface area contributed by atoms with Crippen molar-refractivity contribution < 1.29 is 21.8 Å². The second-order valence-electron chi connectivity index (χ2n) is 6.83. The fraction of sp³-hybridized carbons (Fsp3) is 0.842. The highest BCUT2D eigenvalue weighted by Gasteiger charge is 2.13. The zero-order chi connectivity index (χ0) is 20.0. The molecule has 26 heavy (non-hydrogen) atoms. The molecule has 1 aromatic rings. The molecule has 0 saturated carbocycles. The van der Waals surface area contributed by atoms with Crippen LogP contribution in [0.3, 0.4) is 0 Å². The van der Waals surface area contributed by atoms with Crippen molar-refractivity contribution in [3.63, 3.8) is 0 Å². The van der Waals surface area contributed by atoms with E-state index in [4.69, 9.17) is 0 Å². The summed E-state index contributed by atoms with van der Waals surface area (Å²) in [6, 6.07) is 2.27. The van der Waals surface area contributed by atoms with Gasteiger partial charge in [-0.15, -0.1) is 4.68 Å². The number of hydrogen-bond donors (Lipinski definition) is 0. The van der Waals surface area contributed by atoms with Crippen molar-refractivity contribution in [1.82, 2.24) is 4.68 Å². The molecule has 0 bridgehead atoms. The highest BCUT2D eigenvalue weighted by Crippen LogP contribution is 2.10. The minimum Gasteiger partial charge on any atom is -0.726 e. The Morgan fingerprint density at radius 3 is 1.77 bits per heavy atom. The van der Waals surface area contributed by atoms with Gasteiger partial charge in [0.15, 0.2) is 6.54 Å². The van der Waals surface area contributed by atoms with E-state index in [0.29, 0.717) is 0 Å². The first-order valence-corrected chi connectivity index (χ1v) is 11.1. The molecule has 0 atom stereocenters. The Balaban J connectivity index is 0.000000896. The molecule has 0 radical (unpaired) electrons. The van der Waals surface area contributed by atoms with Crippen LogP contribution in [-0.4, -0.2) is 24.8 Å². The van der Waals surface area contributed by atoms with E-state index in [1.807, 2.05) is 0 Å². The number of aromatic nitrogens is 2. The fourth-order valence-electron chi connectivity index (χ4n) is 2.97. The van der Waals surface area contributed by atoms with E-state index in [-0.39, 0.29) is 0 Å². The quantitative estimate of drug-likeness (QED) is 0.234. The third-order valence-corrected chi connectivity index (χ3v) is 5.03. The molecule has 0 aliphatic carbocycles. The molecule has 0 spiro atoms. The predicted octanol–water partition coefficient (Wildman–Crippen LogP) is 3.94. The molecule has 0 unspecified atom stereocenters. The fourth-order valence-corrected chi connectivity index (χ4v) is 2.97. The Kier molecular flexibility index (Phi) is 13.7. The van der Waals surface area contributed by atoms with Crippen LogP contribution in [0.25, 0.3) is 0 Å². The van der Waals surface area contributed by atoms with Crippen LogP contribution in [0.4, 0.5) is 0 Å². The van der Waals surface area contributed by atoms with Crippen LogP contribution in [-0.2, 0) is 28.2 Å². The Hall–Kier alpha value is -0.920. The van der Waals surface area contributed by atoms with Gasteiger partial charge >= 0.3 is 0 Å². The van der Waals surface area contributed by atoms with Crippen molar-refractivity contribution in [2.24, 2.45) is 7.05 Å². The van der Waals surface area contributed by atoms with E-state index in [1.54, 1.807) is 0 Å². The van der Waals surface area contributed by atoms with Gasteiger partial charge in [0.2, 0.25) is 16.1 Å². The van der Waals surface area contributed by atoms with E-state index in [2.05, 4.69) is 47.4 Å². The predicted molar refractivity (Wildman–Crippen MR) is 104 cm³/mol. The topological polar surface area (TPSA) is 75.2 Å². The van der Waals surface area contributed by atoms with Crippen LogP contribution in [0.15, 0.2) is 6.07 Å². The van der Waals surface area contributed by atoms with Crippen LogP contribution in [0.1, 0.15) is 82.5 Å². The molecule has 0 aliphatic rings. The molecular weight excluding hydrogens is 352 g/mol. The summed E-state index contributed by atoms with van der Waals surface area (Å²) in [5.41, 5.74) is 2.75. The minimum absolute atomic E-state index is 0.808. The Morgan fingerprint density at radius 2 is 1.42 bits per heavy atom. The third-order valence-electron chi connectivity index (χ3n) is 4.63. The SMILES string of the molecule is CCCCCCCCCCCC[n+]1c(C)cc(C)n1C.COS(=O)(=O)[O-]. The average Bonchev–Trinajstić information content (AvgIpc) is 2.82. The lowest BCUT2D eigenvalue weighted by Crippen LogP contribution is -2.44. The summed E-state index contributed by atoms with van der Waals surface area (Å²) >= 11 is 0. The summed E-state index contributed by atoms with van der Waals surface area (Å²) in [6.45, 7) is 7.85. The minimum atomic E-state index is -4.41. The molecular formula is C19H38N2O4S. The van der Waals surface area contributed by atoms with Gasteiger partial charge in [-0.1, -0.05) is 58.3 Å². The number of nitrogens with zero attached hydrogens (tertiary/aromatic N) is 2. The molecule has 0 amide bonds. The Labute approximate surface area is 160 Å². The van der Waals surface area contributed by atoms with Gasteiger partial charge in [-0.3, -0.25) is 4.18 Å². The number of hydrogen-bond acceptors (Lipinski definition) is 4. The molecule has 6 nitrogen and oxygen atoms in total. The molecule has 1 aromatic heterocycles. The van der Waals surface area contributed by atoms with Crippen LogP contribution >= 0.6 is 0 Å². The van der Waals surface area contributed by atoms with Crippen LogP contribution < -0.4 is 4.68 Å². The summed E-state index contributed by atoms with van der Waals surface area (Å²) < 4.78 is 35.7. The number of aryl methyl sites for hydroxylation is 2. The smallest absolute Gasteiger partial charge is 0.217 e. The highest BCUT2D eigenvalue weighted by atomic mass is 32.3. The molecule has 0 saturated heterocycles. The van der Waals surface area contributed by atoms with Crippen molar-refractivity contribution in [2.45, 2.75) is 91.5 Å². The maximum absolute atomic E-state index is 9.22. The van der Waals surface area contributed by atoms with E-state index in [1.165, 1.54) is 82.1 Å². The number of unbranched alkanes of at least 4 members (excludes halogenated alkanes) is 9. The molecule has 1 heterocycles. The zero-order valence-electron chi connectivity index (χ0n) is 17.3. The third kappa shape index (κ3) is 12.4. The first kappa shape index (κ1) is 25.1. The van der Waals surface area contributed by atoms with E-state index in [0.717, 1.165) is 7.11 Å². The second kappa shape index (κ2) is 14.2. The van der Waals surface area contributed by atoms with Crippen molar-refractivity contribution in [3.05, 3.63) is 17.5 Å².